The summed E-state index contributed by atoms with van der Waals surface area (Å²) in [4.78, 5) is 25.9. The van der Waals surface area contributed by atoms with Crippen LogP contribution in [0.2, 0.25) is 0 Å². The Bertz CT molecular complexity index is 1740. The van der Waals surface area contributed by atoms with E-state index in [1.807, 2.05) is 49.3 Å². The van der Waals surface area contributed by atoms with Crippen molar-refractivity contribution in [3.63, 3.8) is 0 Å². The van der Waals surface area contributed by atoms with Crippen LogP contribution in [0.5, 0.6) is 0 Å². The summed E-state index contributed by atoms with van der Waals surface area (Å²) in [5.74, 6) is -2.24. The van der Waals surface area contributed by atoms with E-state index in [1.54, 1.807) is 47.8 Å². The van der Waals surface area contributed by atoms with Crippen LogP contribution in [0.25, 0.3) is 27.9 Å². The van der Waals surface area contributed by atoms with Crippen molar-refractivity contribution >= 4 is 11.6 Å². The molecule has 3 aromatic heterocycles. The van der Waals surface area contributed by atoms with Crippen molar-refractivity contribution in [1.29, 1.82) is 0 Å². The first-order valence-corrected chi connectivity index (χ1v) is 14.8. The molecule has 1 aromatic carbocycles. The molecule has 0 radical (unpaired) electrons. The van der Waals surface area contributed by atoms with Crippen molar-refractivity contribution in [2.45, 2.75) is 19.5 Å². The minimum absolute atomic E-state index is 0.101. The van der Waals surface area contributed by atoms with Gasteiger partial charge in [-0.25, -0.2) is 4.68 Å². The predicted octanol–water partition coefficient (Wildman–Crippen LogP) is 5.93. The van der Waals surface area contributed by atoms with Gasteiger partial charge >= 0.3 is 6.18 Å². The van der Waals surface area contributed by atoms with Crippen molar-refractivity contribution in [2.75, 3.05) is 45.1 Å². The van der Waals surface area contributed by atoms with Gasteiger partial charge in [-0.15, -0.1) is 0 Å². The zero-order valence-corrected chi connectivity index (χ0v) is 25.1. The highest BCUT2D eigenvalue weighted by Gasteiger charge is 2.44. The first kappa shape index (κ1) is 30.4. The monoisotopic (exact) mass is 613 g/mol. The molecule has 1 fully saturated rings. The molecule has 1 saturated heterocycles. The lowest BCUT2D eigenvalue weighted by atomic mass is 9.85. The van der Waals surface area contributed by atoms with Gasteiger partial charge in [0.2, 0.25) is 0 Å². The second kappa shape index (κ2) is 12.8. The zero-order chi connectivity index (χ0) is 31.6. The van der Waals surface area contributed by atoms with Crippen LogP contribution in [0.4, 0.5) is 18.9 Å². The molecular formula is C34H34F3N7O. The fraction of sp³-hybridized carbons (Fsp3) is 0.294. The highest BCUT2D eigenvalue weighted by atomic mass is 19.4. The molecule has 1 N–H and O–H groups in total. The number of aromatic nitrogens is 4. The van der Waals surface area contributed by atoms with E-state index in [-0.39, 0.29) is 18.5 Å². The maximum absolute atomic E-state index is 14.1. The number of benzene rings is 1. The largest absolute Gasteiger partial charge is 0.395 e. The highest BCUT2D eigenvalue weighted by molar-refractivity contribution is 6.04. The summed E-state index contributed by atoms with van der Waals surface area (Å²) in [5.41, 5.74) is 6.22. The van der Waals surface area contributed by atoms with E-state index in [0.717, 1.165) is 59.7 Å². The summed E-state index contributed by atoms with van der Waals surface area (Å²) in [7, 11) is 2.01. The maximum Gasteiger partial charge on any atom is 0.395 e. The van der Waals surface area contributed by atoms with Crippen molar-refractivity contribution < 1.29 is 18.0 Å². The van der Waals surface area contributed by atoms with E-state index in [4.69, 9.17) is 0 Å². The average molecular weight is 614 g/mol. The molecular weight excluding hydrogens is 579 g/mol. The summed E-state index contributed by atoms with van der Waals surface area (Å²) in [5, 5.41) is 7.36. The number of hydrogen-bond donors (Lipinski definition) is 1. The molecule has 0 saturated carbocycles. The summed E-state index contributed by atoms with van der Waals surface area (Å²) in [6.07, 6.45) is 8.85. The third-order valence-corrected chi connectivity index (χ3v) is 8.44. The average Bonchev–Trinajstić information content (AvgIpc) is 3.53. The molecule has 8 nitrogen and oxygen atoms in total. The number of anilines is 1. The van der Waals surface area contributed by atoms with Gasteiger partial charge in [0.1, 0.15) is 0 Å². The third kappa shape index (κ3) is 7.05. The van der Waals surface area contributed by atoms with Gasteiger partial charge in [-0.1, -0.05) is 18.2 Å². The van der Waals surface area contributed by atoms with Gasteiger partial charge in [-0.05, 0) is 67.4 Å². The molecule has 1 atom stereocenters. The number of aryl methyl sites for hydroxylation is 1. The Morgan fingerprint density at radius 2 is 1.64 bits per heavy atom. The number of pyridine rings is 2. The molecule has 6 rings (SSSR count). The van der Waals surface area contributed by atoms with E-state index in [2.05, 4.69) is 25.3 Å². The van der Waals surface area contributed by atoms with Crippen LogP contribution >= 0.6 is 0 Å². The van der Waals surface area contributed by atoms with Crippen LogP contribution in [0, 0.1) is 12.8 Å². The molecule has 232 valence electrons. The molecule has 11 heteroatoms. The smallest absolute Gasteiger partial charge is 0.322 e. The van der Waals surface area contributed by atoms with Crippen molar-refractivity contribution in [2.24, 2.45) is 5.92 Å². The van der Waals surface area contributed by atoms with Gasteiger partial charge in [0.15, 0.2) is 0 Å². The summed E-state index contributed by atoms with van der Waals surface area (Å²) >= 11 is 0. The molecule has 0 bridgehead atoms. The number of rotatable bonds is 7. The number of nitrogens with zero attached hydrogens (tertiary/aromatic N) is 6. The quantitative estimate of drug-likeness (QED) is 0.279. The number of alkyl halides is 3. The molecule has 1 aliphatic carbocycles. The van der Waals surface area contributed by atoms with Crippen molar-refractivity contribution in [3.8, 4) is 27.9 Å². The first-order valence-electron chi connectivity index (χ1n) is 14.8. The van der Waals surface area contributed by atoms with Gasteiger partial charge in [0, 0.05) is 91.7 Å². The lowest BCUT2D eigenvalue weighted by molar-refractivity contribution is -0.165. The van der Waals surface area contributed by atoms with Crippen LogP contribution < -0.4 is 5.32 Å². The van der Waals surface area contributed by atoms with Crippen LogP contribution in [0.1, 0.15) is 12.0 Å². The molecule has 1 amide bonds. The Balaban J connectivity index is 1.18. The Morgan fingerprint density at radius 3 is 2.38 bits per heavy atom. The third-order valence-electron chi connectivity index (χ3n) is 8.44. The van der Waals surface area contributed by atoms with Crippen LogP contribution in [-0.2, 0) is 4.79 Å². The Morgan fingerprint density at radius 1 is 0.911 bits per heavy atom. The summed E-state index contributed by atoms with van der Waals surface area (Å²) < 4.78 is 44.2. The van der Waals surface area contributed by atoms with Crippen LogP contribution in [-0.4, -0.2) is 81.4 Å². The van der Waals surface area contributed by atoms with E-state index < -0.39 is 18.0 Å². The van der Waals surface area contributed by atoms with Gasteiger partial charge < -0.3 is 10.2 Å². The summed E-state index contributed by atoms with van der Waals surface area (Å²) in [6.45, 7) is 5.26. The fourth-order valence-corrected chi connectivity index (χ4v) is 5.71. The second-order valence-corrected chi connectivity index (χ2v) is 11.6. The lowest BCUT2D eigenvalue weighted by Gasteiger charge is -2.35. The number of halogens is 3. The standard InChI is InChI=1S/C34H34F3N7O/c1-23-3-6-30(17-32(23)44-22-29(20-40-44)28-15-27(18-39-19-28)24-7-9-38-10-8-24)41-33(45)25-4-5-26(31(16-25)34(35,36)37)21-43-13-11-42(2)12-14-43/h3-10,15,17-20,22,31H,11-14,16,21H2,1-2H3,(H,41,45). The number of nitrogens with one attached hydrogen (secondary N) is 1. The fourth-order valence-electron chi connectivity index (χ4n) is 5.71. The molecule has 1 unspecified atom stereocenters. The number of amides is 1. The van der Waals surface area contributed by atoms with Gasteiger partial charge in [-0.2, -0.15) is 18.3 Å². The SMILES string of the molecule is Cc1ccc(NC(=O)C2=CC=C(CN3CCN(C)CC3)C(C(F)(F)F)C2)cc1-n1cc(-c2cncc(-c3ccncc3)c2)cn1. The van der Waals surface area contributed by atoms with E-state index in [0.29, 0.717) is 11.3 Å². The lowest BCUT2D eigenvalue weighted by Crippen LogP contribution is -2.46. The molecule has 45 heavy (non-hydrogen) atoms. The van der Waals surface area contributed by atoms with Gasteiger partial charge in [0.05, 0.1) is 17.8 Å². The number of piperazine rings is 1. The number of allylic oxidation sites excluding steroid dienone is 2. The number of carbonyl (C=O) groups is 1. The molecule has 1 aliphatic heterocycles. The summed E-state index contributed by atoms with van der Waals surface area (Å²) in [6, 6.07) is 11.2. The molecule has 0 spiro atoms. The van der Waals surface area contributed by atoms with E-state index in [1.165, 1.54) is 12.2 Å². The Kier molecular flexibility index (Phi) is 8.64. The second-order valence-electron chi connectivity index (χ2n) is 11.6. The first-order chi connectivity index (χ1) is 21.6. The minimum Gasteiger partial charge on any atom is -0.322 e. The van der Waals surface area contributed by atoms with Crippen LogP contribution in [0.3, 0.4) is 0 Å². The maximum atomic E-state index is 14.1. The topological polar surface area (TPSA) is 79.2 Å². The normalized spacial score (nSPS) is 17.9. The van der Waals surface area contributed by atoms with Crippen molar-refractivity contribution in [3.05, 3.63) is 102 Å². The zero-order valence-electron chi connectivity index (χ0n) is 25.1. The van der Waals surface area contributed by atoms with Crippen molar-refractivity contribution in [1.82, 2.24) is 29.5 Å². The van der Waals surface area contributed by atoms with E-state index >= 15 is 0 Å². The molecule has 2 aliphatic rings. The van der Waals surface area contributed by atoms with E-state index in [9.17, 15) is 18.0 Å². The molecule has 4 heterocycles. The molecule has 4 aromatic rings. The minimum atomic E-state index is -4.44. The Hall–Kier alpha value is -4.61. The Labute approximate surface area is 259 Å². The highest BCUT2D eigenvalue weighted by Crippen LogP contribution is 2.39. The number of hydrogen-bond acceptors (Lipinski definition) is 6. The predicted molar refractivity (Wildman–Crippen MR) is 168 cm³/mol. The van der Waals surface area contributed by atoms with Gasteiger partial charge in [-0.3, -0.25) is 19.7 Å². The van der Waals surface area contributed by atoms with Gasteiger partial charge in [0.25, 0.3) is 5.91 Å². The number of likely N-dealkylation sites (N-methyl/N-ethyl adjacent to an activating group) is 1. The number of carbonyl (C=O) groups excluding carboxylic acids is 1. The van der Waals surface area contributed by atoms with Crippen LogP contribution in [0.15, 0.2) is 96.9 Å².